The monoisotopic (exact) mass is 982 g/mol. The van der Waals surface area contributed by atoms with Crippen LogP contribution in [0.4, 0.5) is 0 Å². The number of ether oxygens (including phenoxy) is 14. The first kappa shape index (κ1) is 51.6. The van der Waals surface area contributed by atoms with E-state index in [1.807, 2.05) is 127 Å². The maximum Gasteiger partial charge on any atom is 0.123 e. The molecule has 0 atom stereocenters. The summed E-state index contributed by atoms with van der Waals surface area (Å²) in [5, 5.41) is 0. The Bertz CT molecular complexity index is 2450. The van der Waals surface area contributed by atoms with Crippen LogP contribution in [0.25, 0.3) is 0 Å². The Morgan fingerprint density at radius 3 is 0.486 bits per heavy atom. The number of rotatable bonds is 27. The fourth-order valence-electron chi connectivity index (χ4n) is 7.56. The van der Waals surface area contributed by atoms with Crippen LogP contribution in [0.1, 0.15) is 45.9 Å². The van der Waals surface area contributed by atoms with Crippen LogP contribution < -0.4 is 66.3 Å². The smallest absolute Gasteiger partial charge is 0.123 e. The Morgan fingerprint density at radius 1 is 0.194 bits per heavy atom. The van der Waals surface area contributed by atoms with Crippen molar-refractivity contribution in [3.05, 3.63) is 166 Å². The molecule has 0 spiro atoms. The van der Waals surface area contributed by atoms with Crippen LogP contribution in [-0.2, 0) is 46.1 Å². The number of aryl methyl sites for hydroxylation is 1. The van der Waals surface area contributed by atoms with Gasteiger partial charge in [0.15, 0.2) is 0 Å². The minimum atomic E-state index is 0.207. The molecular weight excluding hydrogens is 921 g/mol. The molecule has 0 unspecified atom stereocenters. The fraction of sp³-hybridized carbons (Fsp3) is 0.276. The van der Waals surface area contributed by atoms with E-state index >= 15 is 0 Å². The van der Waals surface area contributed by atoms with Gasteiger partial charge in [-0.3, -0.25) is 0 Å². The summed E-state index contributed by atoms with van der Waals surface area (Å²) in [4.78, 5) is 0. The van der Waals surface area contributed by atoms with Crippen molar-refractivity contribution in [2.75, 3.05) is 56.9 Å². The molecule has 0 aliphatic heterocycles. The maximum absolute atomic E-state index is 6.50. The highest BCUT2D eigenvalue weighted by Crippen LogP contribution is 2.33. The third-order valence-corrected chi connectivity index (χ3v) is 11.3. The summed E-state index contributed by atoms with van der Waals surface area (Å²) in [6, 6.07) is 39.9. The first-order valence-corrected chi connectivity index (χ1v) is 23.2. The summed E-state index contributed by atoms with van der Waals surface area (Å²) in [6.45, 7) is 3.51. The molecule has 0 heterocycles. The van der Waals surface area contributed by atoms with Crippen molar-refractivity contribution in [2.24, 2.45) is 0 Å². The quantitative estimate of drug-likeness (QED) is 0.0484. The molecule has 0 radical (unpaired) electrons. The summed E-state index contributed by atoms with van der Waals surface area (Å²) in [5.41, 5.74) is 6.16. The van der Waals surface area contributed by atoms with Gasteiger partial charge in [-0.2, -0.15) is 0 Å². The van der Waals surface area contributed by atoms with Gasteiger partial charge in [0.05, 0.1) is 56.9 Å². The predicted molar refractivity (Wildman–Crippen MR) is 273 cm³/mol. The van der Waals surface area contributed by atoms with Crippen LogP contribution in [0.3, 0.4) is 0 Å². The van der Waals surface area contributed by atoms with Gasteiger partial charge < -0.3 is 66.3 Å². The molecule has 0 aromatic heterocycles. The summed E-state index contributed by atoms with van der Waals surface area (Å²) in [6.07, 6.45) is 0.754. The third-order valence-electron chi connectivity index (χ3n) is 11.3. The first-order chi connectivity index (χ1) is 35.1. The van der Waals surface area contributed by atoms with E-state index in [0.717, 1.165) is 45.4 Å². The molecule has 378 valence electrons. The second-order valence-corrected chi connectivity index (χ2v) is 16.4. The standard InChI is InChI=1S/C58H62O14/c1-10-38-11-53(67-36-43-21-55(69-32-39-13-45(59-2)25-46(14-39)60-3)30-56(22-43)70-33-40-15-47(61-4)26-48(16-40)62-5)29-54(12-38)68-37-44-23-57(71-34-41-17-49(63-6)27-50(18-41)64-7)31-58(24-44)72-35-42-19-51(65-8)28-52(20-42)66-9/h11-31H,10,32-37H2,1-9H3. The van der Waals surface area contributed by atoms with Crippen molar-refractivity contribution in [1.82, 2.24) is 0 Å². The molecule has 0 aliphatic rings. The normalized spacial score (nSPS) is 10.7. The Morgan fingerprint density at radius 2 is 0.333 bits per heavy atom. The van der Waals surface area contributed by atoms with E-state index in [1.54, 1.807) is 56.9 Å². The van der Waals surface area contributed by atoms with E-state index < -0.39 is 0 Å². The van der Waals surface area contributed by atoms with Crippen molar-refractivity contribution in [3.63, 3.8) is 0 Å². The summed E-state index contributed by atoms with van der Waals surface area (Å²) in [5.74, 6) is 8.92. The van der Waals surface area contributed by atoms with Crippen molar-refractivity contribution in [1.29, 1.82) is 0 Å². The molecule has 0 saturated heterocycles. The maximum atomic E-state index is 6.50. The molecule has 7 aromatic carbocycles. The first-order valence-electron chi connectivity index (χ1n) is 23.2. The zero-order chi connectivity index (χ0) is 50.8. The third kappa shape index (κ3) is 14.9. The molecule has 7 aromatic rings. The number of benzene rings is 7. The van der Waals surface area contributed by atoms with E-state index in [0.29, 0.717) is 80.5 Å². The van der Waals surface area contributed by atoms with E-state index in [-0.39, 0.29) is 39.6 Å². The van der Waals surface area contributed by atoms with E-state index in [9.17, 15) is 0 Å². The highest BCUT2D eigenvalue weighted by Gasteiger charge is 2.13. The largest absolute Gasteiger partial charge is 0.497 e. The zero-order valence-electron chi connectivity index (χ0n) is 42.3. The van der Waals surface area contributed by atoms with Gasteiger partial charge in [-0.05, 0) is 130 Å². The average Bonchev–Trinajstić information content (AvgIpc) is 3.43. The van der Waals surface area contributed by atoms with Crippen LogP contribution in [-0.4, -0.2) is 56.9 Å². The molecule has 72 heavy (non-hydrogen) atoms. The zero-order valence-corrected chi connectivity index (χ0v) is 42.3. The highest BCUT2D eigenvalue weighted by molar-refractivity contribution is 5.45. The van der Waals surface area contributed by atoms with Crippen LogP contribution in [0.5, 0.6) is 80.5 Å². The lowest BCUT2D eigenvalue weighted by molar-refractivity contribution is 0.275. The summed E-state index contributed by atoms with van der Waals surface area (Å²) >= 11 is 0. The van der Waals surface area contributed by atoms with Gasteiger partial charge in [-0.15, -0.1) is 0 Å². The second-order valence-electron chi connectivity index (χ2n) is 16.4. The molecule has 14 heteroatoms. The number of methoxy groups -OCH3 is 8. The van der Waals surface area contributed by atoms with Gasteiger partial charge in [-0.25, -0.2) is 0 Å². The Kier molecular flexibility index (Phi) is 18.3. The van der Waals surface area contributed by atoms with Crippen molar-refractivity contribution >= 4 is 0 Å². The van der Waals surface area contributed by atoms with Gasteiger partial charge in [0.2, 0.25) is 0 Å². The molecular formula is C58H62O14. The molecule has 7 rings (SSSR count). The Hall–Kier alpha value is -8.26. The van der Waals surface area contributed by atoms with Gasteiger partial charge in [0.1, 0.15) is 120 Å². The van der Waals surface area contributed by atoms with Crippen molar-refractivity contribution < 1.29 is 66.3 Å². The van der Waals surface area contributed by atoms with E-state index in [1.165, 1.54) is 0 Å². The van der Waals surface area contributed by atoms with Crippen LogP contribution in [0, 0.1) is 0 Å². The van der Waals surface area contributed by atoms with Crippen LogP contribution >= 0.6 is 0 Å². The lowest BCUT2D eigenvalue weighted by Gasteiger charge is -2.16. The topological polar surface area (TPSA) is 129 Å². The minimum Gasteiger partial charge on any atom is -0.497 e. The molecule has 0 amide bonds. The van der Waals surface area contributed by atoms with Gasteiger partial charge in [-0.1, -0.05) is 6.92 Å². The average molecular weight is 983 g/mol. The lowest BCUT2D eigenvalue weighted by atomic mass is 10.1. The summed E-state index contributed by atoms with van der Waals surface area (Å²) in [7, 11) is 12.9. The highest BCUT2D eigenvalue weighted by atomic mass is 16.5. The predicted octanol–water partition coefficient (Wildman–Crippen LogP) is 11.8. The molecule has 0 fully saturated rings. The van der Waals surface area contributed by atoms with E-state index in [4.69, 9.17) is 66.3 Å². The fourth-order valence-corrected chi connectivity index (χ4v) is 7.56. The number of hydrogen-bond donors (Lipinski definition) is 0. The SMILES string of the molecule is CCc1cc(OCc2cc(OCc3cc(OC)cc(OC)c3)cc(OCc3cc(OC)cc(OC)c3)c2)cc(OCc2cc(OCc3cc(OC)cc(OC)c3)cc(OCc3cc(OC)cc(OC)c3)c2)c1. The van der Waals surface area contributed by atoms with Gasteiger partial charge in [0, 0.05) is 42.5 Å². The van der Waals surface area contributed by atoms with Gasteiger partial charge >= 0.3 is 0 Å². The van der Waals surface area contributed by atoms with Gasteiger partial charge in [0.25, 0.3) is 0 Å². The Balaban J connectivity index is 1.10. The Labute approximate surface area is 421 Å². The van der Waals surface area contributed by atoms with Crippen molar-refractivity contribution in [3.8, 4) is 80.5 Å². The van der Waals surface area contributed by atoms with Crippen LogP contribution in [0.2, 0.25) is 0 Å². The molecule has 0 saturated carbocycles. The number of hydrogen-bond acceptors (Lipinski definition) is 14. The lowest BCUT2D eigenvalue weighted by Crippen LogP contribution is -2.03. The van der Waals surface area contributed by atoms with E-state index in [2.05, 4.69) is 6.92 Å². The summed E-state index contributed by atoms with van der Waals surface area (Å²) < 4.78 is 82.4. The van der Waals surface area contributed by atoms with Crippen molar-refractivity contribution in [2.45, 2.75) is 53.0 Å². The minimum absolute atomic E-state index is 0.207. The molecule has 14 nitrogen and oxygen atoms in total. The van der Waals surface area contributed by atoms with Crippen LogP contribution in [0.15, 0.2) is 127 Å². The molecule has 0 N–H and O–H groups in total. The molecule has 0 bridgehead atoms. The second kappa shape index (κ2) is 25.6. The molecule has 0 aliphatic carbocycles.